The molecule has 0 fully saturated rings. The fraction of sp³-hybridized carbons (Fsp3) is 0.368. The topological polar surface area (TPSA) is 68.0 Å². The fourth-order valence-corrected chi connectivity index (χ4v) is 3.12. The van der Waals surface area contributed by atoms with Gasteiger partial charge in [-0.2, -0.15) is 0 Å². The number of carbonyl (C=O) groups excluding carboxylic acids is 1. The Bertz CT molecular complexity index is 718. The minimum Gasteiger partial charge on any atom is -0.346 e. The maximum Gasteiger partial charge on any atom is 0.251 e. The van der Waals surface area contributed by atoms with Crippen LogP contribution >= 0.6 is 12.4 Å². The zero-order valence-electron chi connectivity index (χ0n) is 13.9. The van der Waals surface area contributed by atoms with Crippen molar-refractivity contribution >= 4 is 18.3 Å². The molecule has 1 atom stereocenters. The van der Waals surface area contributed by atoms with E-state index < -0.39 is 0 Å². The lowest BCUT2D eigenvalue weighted by molar-refractivity contribution is 0.0939. The minimum absolute atomic E-state index is 0. The third-order valence-corrected chi connectivity index (χ3v) is 4.51. The van der Waals surface area contributed by atoms with Crippen LogP contribution in [0.1, 0.15) is 58.5 Å². The van der Waals surface area contributed by atoms with Gasteiger partial charge in [-0.15, -0.1) is 12.4 Å². The van der Waals surface area contributed by atoms with Crippen LogP contribution in [0.15, 0.2) is 36.5 Å². The Balaban J connectivity index is 0.00000208. The van der Waals surface area contributed by atoms with Crippen molar-refractivity contribution in [3.05, 3.63) is 64.5 Å². The van der Waals surface area contributed by atoms with Gasteiger partial charge < -0.3 is 11.1 Å². The highest BCUT2D eigenvalue weighted by molar-refractivity contribution is 5.94. The van der Waals surface area contributed by atoms with Crippen LogP contribution in [0.3, 0.4) is 0 Å². The van der Waals surface area contributed by atoms with Crippen LogP contribution in [-0.2, 0) is 19.4 Å². The van der Waals surface area contributed by atoms with E-state index in [1.807, 2.05) is 6.92 Å². The lowest BCUT2D eigenvalue weighted by Gasteiger charge is -2.20. The summed E-state index contributed by atoms with van der Waals surface area (Å²) in [4.78, 5) is 16.5. The van der Waals surface area contributed by atoms with Crippen molar-refractivity contribution in [3.63, 3.8) is 0 Å². The molecule has 3 N–H and O–H groups in total. The number of fused-ring (bicyclic) bond motifs is 1. The number of nitrogens with zero attached hydrogens (tertiary/aromatic N) is 1. The molecule has 1 heterocycles. The Morgan fingerprint density at radius 2 is 1.96 bits per heavy atom. The highest BCUT2D eigenvalue weighted by atomic mass is 35.5. The standard InChI is InChI=1S/C19H23N3O.ClH/c1-13(15-7-6-14-4-2-3-5-16(14)10-15)22-19(23)17-8-9-21-18(11-17)12-20;/h6-11,13H,2-5,12,20H2,1H3,(H,22,23);1H. The summed E-state index contributed by atoms with van der Waals surface area (Å²) in [6.45, 7) is 2.36. The van der Waals surface area contributed by atoms with Gasteiger partial charge in [0.05, 0.1) is 11.7 Å². The fourth-order valence-electron chi connectivity index (χ4n) is 3.12. The number of hydrogen-bond acceptors (Lipinski definition) is 3. The normalized spacial score (nSPS) is 14.2. The van der Waals surface area contributed by atoms with Gasteiger partial charge in [-0.1, -0.05) is 18.2 Å². The van der Waals surface area contributed by atoms with Gasteiger partial charge in [0.15, 0.2) is 0 Å². The predicted octanol–water partition coefficient (Wildman–Crippen LogP) is 3.33. The molecular weight excluding hydrogens is 322 g/mol. The SMILES string of the molecule is CC(NC(=O)c1ccnc(CN)c1)c1ccc2c(c1)CCCC2.Cl. The average Bonchev–Trinajstić information content (AvgIpc) is 2.61. The van der Waals surface area contributed by atoms with Gasteiger partial charge in [-0.25, -0.2) is 0 Å². The molecule has 0 aliphatic heterocycles. The molecule has 5 heteroatoms. The third-order valence-electron chi connectivity index (χ3n) is 4.51. The monoisotopic (exact) mass is 345 g/mol. The van der Waals surface area contributed by atoms with Crippen molar-refractivity contribution in [2.75, 3.05) is 0 Å². The number of halogens is 1. The molecule has 0 saturated heterocycles. The molecule has 1 aliphatic carbocycles. The molecule has 0 saturated carbocycles. The summed E-state index contributed by atoms with van der Waals surface area (Å²) in [5.74, 6) is -0.0904. The Hall–Kier alpha value is -1.91. The molecule has 2 aromatic rings. The molecule has 4 nitrogen and oxygen atoms in total. The molecule has 0 bridgehead atoms. The van der Waals surface area contributed by atoms with E-state index in [2.05, 4.69) is 28.5 Å². The quantitative estimate of drug-likeness (QED) is 0.893. The second-order valence-electron chi connectivity index (χ2n) is 6.17. The second kappa shape index (κ2) is 8.27. The number of nitrogens with one attached hydrogen (secondary N) is 1. The number of amides is 1. The lowest BCUT2D eigenvalue weighted by Crippen LogP contribution is -2.27. The van der Waals surface area contributed by atoms with Crippen molar-refractivity contribution in [2.24, 2.45) is 5.73 Å². The number of rotatable bonds is 4. The summed E-state index contributed by atoms with van der Waals surface area (Å²) in [7, 11) is 0. The molecule has 3 rings (SSSR count). The number of carbonyl (C=O) groups is 1. The molecule has 1 unspecified atom stereocenters. The van der Waals surface area contributed by atoms with Gasteiger partial charge in [0.25, 0.3) is 5.91 Å². The number of pyridine rings is 1. The summed E-state index contributed by atoms with van der Waals surface area (Å²) >= 11 is 0. The molecule has 1 aliphatic rings. The number of aromatic nitrogens is 1. The van der Waals surface area contributed by atoms with E-state index in [0.717, 1.165) is 17.7 Å². The first-order chi connectivity index (χ1) is 11.2. The smallest absolute Gasteiger partial charge is 0.251 e. The molecule has 0 radical (unpaired) electrons. The molecule has 128 valence electrons. The highest BCUT2D eigenvalue weighted by Crippen LogP contribution is 2.24. The summed E-state index contributed by atoms with van der Waals surface area (Å²) in [6.07, 6.45) is 6.49. The van der Waals surface area contributed by atoms with Gasteiger partial charge in [-0.3, -0.25) is 9.78 Å². The van der Waals surface area contributed by atoms with Crippen LogP contribution in [-0.4, -0.2) is 10.9 Å². The van der Waals surface area contributed by atoms with Gasteiger partial charge in [0.1, 0.15) is 0 Å². The molecule has 0 spiro atoms. The first-order valence-electron chi connectivity index (χ1n) is 8.25. The van der Waals surface area contributed by atoms with E-state index in [9.17, 15) is 4.79 Å². The van der Waals surface area contributed by atoms with E-state index in [1.54, 1.807) is 18.3 Å². The van der Waals surface area contributed by atoms with Crippen molar-refractivity contribution < 1.29 is 4.79 Å². The number of nitrogens with two attached hydrogens (primary N) is 1. The maximum atomic E-state index is 12.4. The molecule has 1 aromatic heterocycles. The van der Waals surface area contributed by atoms with Gasteiger partial charge >= 0.3 is 0 Å². The summed E-state index contributed by atoms with van der Waals surface area (Å²) < 4.78 is 0. The Morgan fingerprint density at radius 1 is 1.21 bits per heavy atom. The third kappa shape index (κ3) is 4.13. The largest absolute Gasteiger partial charge is 0.346 e. The van der Waals surface area contributed by atoms with Crippen molar-refractivity contribution in [2.45, 2.75) is 45.2 Å². The van der Waals surface area contributed by atoms with E-state index in [0.29, 0.717) is 12.1 Å². The van der Waals surface area contributed by atoms with Crippen LogP contribution in [0.2, 0.25) is 0 Å². The molecule has 1 aromatic carbocycles. The van der Waals surface area contributed by atoms with Crippen LogP contribution in [0.25, 0.3) is 0 Å². The van der Waals surface area contributed by atoms with E-state index in [4.69, 9.17) is 5.73 Å². The summed E-state index contributed by atoms with van der Waals surface area (Å²) in [5, 5.41) is 3.06. The number of hydrogen-bond donors (Lipinski definition) is 2. The number of aryl methyl sites for hydroxylation is 2. The predicted molar refractivity (Wildman–Crippen MR) is 98.3 cm³/mol. The summed E-state index contributed by atoms with van der Waals surface area (Å²) in [6, 6.07) is 10.0. The lowest BCUT2D eigenvalue weighted by atomic mass is 9.89. The second-order valence-corrected chi connectivity index (χ2v) is 6.17. The maximum absolute atomic E-state index is 12.4. The first kappa shape index (κ1) is 18.4. The van der Waals surface area contributed by atoms with Gasteiger partial charge in [0.2, 0.25) is 0 Å². The van der Waals surface area contributed by atoms with Crippen molar-refractivity contribution in [1.29, 1.82) is 0 Å². The minimum atomic E-state index is -0.0904. The van der Waals surface area contributed by atoms with Crippen LogP contribution in [0, 0.1) is 0 Å². The van der Waals surface area contributed by atoms with E-state index >= 15 is 0 Å². The zero-order chi connectivity index (χ0) is 16.2. The molecule has 24 heavy (non-hydrogen) atoms. The van der Waals surface area contributed by atoms with Crippen LogP contribution in [0.5, 0.6) is 0 Å². The Kier molecular flexibility index (Phi) is 6.35. The van der Waals surface area contributed by atoms with Crippen molar-refractivity contribution in [1.82, 2.24) is 10.3 Å². The first-order valence-corrected chi connectivity index (χ1v) is 8.25. The van der Waals surface area contributed by atoms with E-state index in [1.165, 1.54) is 30.4 Å². The summed E-state index contributed by atoms with van der Waals surface area (Å²) in [5.41, 5.74) is 11.0. The van der Waals surface area contributed by atoms with Gasteiger partial charge in [-0.05, 0) is 61.4 Å². The van der Waals surface area contributed by atoms with Crippen LogP contribution < -0.4 is 11.1 Å². The zero-order valence-corrected chi connectivity index (χ0v) is 14.7. The van der Waals surface area contributed by atoms with Crippen LogP contribution in [0.4, 0.5) is 0 Å². The Morgan fingerprint density at radius 3 is 2.71 bits per heavy atom. The molecular formula is C19H24ClN3O. The van der Waals surface area contributed by atoms with Crippen molar-refractivity contribution in [3.8, 4) is 0 Å². The van der Waals surface area contributed by atoms with E-state index in [-0.39, 0.29) is 24.4 Å². The molecule has 1 amide bonds. The highest BCUT2D eigenvalue weighted by Gasteiger charge is 2.15. The average molecular weight is 346 g/mol. The number of benzene rings is 1. The van der Waals surface area contributed by atoms with Gasteiger partial charge in [0, 0.05) is 18.3 Å². The Labute approximate surface area is 149 Å².